The second-order valence-electron chi connectivity index (χ2n) is 11.4. The molecule has 0 amide bonds. The molecule has 0 radical (unpaired) electrons. The molecule has 2 saturated heterocycles. The molecule has 0 saturated carbocycles. The minimum absolute atomic E-state index is 0.00792. The Labute approximate surface area is 272 Å². The van der Waals surface area contributed by atoms with Crippen molar-refractivity contribution in [2.75, 3.05) is 27.9 Å². The molecule has 3 aromatic rings. The Morgan fingerprint density at radius 3 is 2.04 bits per heavy atom. The monoisotopic (exact) mass is 682 g/mol. The van der Waals surface area contributed by atoms with Crippen LogP contribution in [0.3, 0.4) is 0 Å². The lowest BCUT2D eigenvalue weighted by Crippen LogP contribution is -2.61. The molecule has 0 spiro atoms. The lowest BCUT2D eigenvalue weighted by molar-refractivity contribution is -0.318. The van der Waals surface area contributed by atoms with Crippen molar-refractivity contribution in [1.82, 2.24) is 0 Å². The molecule has 0 bridgehead atoms. The minimum atomic E-state index is -1.89. The average Bonchev–Trinajstić information content (AvgIpc) is 3.06. The standard InChI is InChI=1S/C31H38O17/c1-10-6-12(7-14(41-3)17(10)32)13-8-44-26-16(19(13)34)21(36)27(42-4)29(28(26)43-5)48-31-25(40)23(38)20(35)15(47-31)9-45-30-24(39)22(37)18(33)11(2)46-30/h6-8,11,15,18,20,22-25,30-33,35-40H,9H2,1-5H3/t11-,15+,18-,20+,22+,23-,24+,25+,30+,31-/m0/s1. The molecule has 2 fully saturated rings. The van der Waals surface area contributed by atoms with Crippen molar-refractivity contribution in [3.63, 3.8) is 0 Å². The number of aliphatic hydroxyl groups excluding tert-OH is 6. The molecule has 10 atom stereocenters. The smallest absolute Gasteiger partial charge is 0.229 e. The van der Waals surface area contributed by atoms with E-state index in [1.165, 1.54) is 33.3 Å². The normalized spacial score (nSPS) is 30.6. The van der Waals surface area contributed by atoms with E-state index >= 15 is 0 Å². The molecule has 17 nitrogen and oxygen atoms in total. The predicted molar refractivity (Wildman–Crippen MR) is 161 cm³/mol. The first kappa shape index (κ1) is 35.4. The van der Waals surface area contributed by atoms with Gasteiger partial charge in [-0.15, -0.1) is 0 Å². The number of methoxy groups -OCH3 is 3. The van der Waals surface area contributed by atoms with Crippen molar-refractivity contribution >= 4 is 11.0 Å². The SMILES string of the molecule is COc1cc(-c2coc3c(OC)c(O[C@@H]4O[C@H](CO[C@@H]5O[C@@H](C)[C@H](O)[C@@H](O)[C@H]5O)[C@@H](O)[C@H](O)[C@H]4O)c(OC)c(O)c3c2=O)cc(C)c1O. The summed E-state index contributed by atoms with van der Waals surface area (Å²) in [4.78, 5) is 13.8. The summed E-state index contributed by atoms with van der Waals surface area (Å²) in [7, 11) is 3.71. The van der Waals surface area contributed by atoms with Crippen molar-refractivity contribution in [3.05, 3.63) is 34.2 Å². The highest BCUT2D eigenvalue weighted by atomic mass is 16.7. The molecule has 5 rings (SSSR count). The van der Waals surface area contributed by atoms with E-state index in [0.29, 0.717) is 11.1 Å². The molecule has 17 heteroatoms. The van der Waals surface area contributed by atoms with Crippen LogP contribution in [0, 0.1) is 6.92 Å². The molecule has 0 unspecified atom stereocenters. The van der Waals surface area contributed by atoms with Gasteiger partial charge < -0.3 is 78.4 Å². The molecule has 2 aromatic carbocycles. The van der Waals surface area contributed by atoms with Gasteiger partial charge in [0.05, 0.1) is 39.6 Å². The molecule has 2 aliphatic heterocycles. The van der Waals surface area contributed by atoms with E-state index in [-0.39, 0.29) is 33.8 Å². The van der Waals surface area contributed by atoms with Crippen LogP contribution >= 0.6 is 0 Å². The van der Waals surface area contributed by atoms with Gasteiger partial charge in [0.25, 0.3) is 0 Å². The largest absolute Gasteiger partial charge is 0.504 e. The van der Waals surface area contributed by atoms with Crippen molar-refractivity contribution in [1.29, 1.82) is 0 Å². The maximum atomic E-state index is 13.8. The highest BCUT2D eigenvalue weighted by molar-refractivity contribution is 5.96. The van der Waals surface area contributed by atoms with Crippen LogP contribution < -0.4 is 24.4 Å². The van der Waals surface area contributed by atoms with E-state index in [0.717, 1.165) is 13.4 Å². The lowest BCUT2D eigenvalue weighted by atomic mass is 9.98. The Balaban J connectivity index is 1.49. The van der Waals surface area contributed by atoms with Gasteiger partial charge in [-0.25, -0.2) is 0 Å². The van der Waals surface area contributed by atoms with Crippen LogP contribution in [0.25, 0.3) is 22.1 Å². The summed E-state index contributed by atoms with van der Waals surface area (Å²) in [5.74, 6) is -1.87. The summed E-state index contributed by atoms with van der Waals surface area (Å²) in [5.41, 5.74) is -0.297. The number of fused-ring (bicyclic) bond motifs is 1. The summed E-state index contributed by atoms with van der Waals surface area (Å²) in [6.07, 6.45) is -14.6. The average molecular weight is 683 g/mol. The number of rotatable bonds is 9. The molecular weight excluding hydrogens is 644 g/mol. The fourth-order valence-corrected chi connectivity index (χ4v) is 5.63. The molecular formula is C31H38O17. The zero-order valence-electron chi connectivity index (χ0n) is 26.5. The maximum Gasteiger partial charge on any atom is 0.229 e. The van der Waals surface area contributed by atoms with Gasteiger partial charge in [-0.05, 0) is 37.1 Å². The molecule has 8 N–H and O–H groups in total. The Morgan fingerprint density at radius 1 is 0.750 bits per heavy atom. The first-order chi connectivity index (χ1) is 22.7. The number of benzene rings is 2. The summed E-state index contributed by atoms with van der Waals surface area (Å²) >= 11 is 0. The van der Waals surface area contributed by atoms with Crippen LogP contribution in [0.4, 0.5) is 0 Å². The van der Waals surface area contributed by atoms with Crippen LogP contribution in [0.2, 0.25) is 0 Å². The van der Waals surface area contributed by atoms with Crippen molar-refractivity contribution in [2.45, 2.75) is 75.3 Å². The van der Waals surface area contributed by atoms with Crippen LogP contribution in [0.15, 0.2) is 27.6 Å². The molecule has 3 heterocycles. The predicted octanol–water partition coefficient (Wildman–Crippen LogP) is -0.764. The molecule has 1 aromatic heterocycles. The molecule has 264 valence electrons. The van der Waals surface area contributed by atoms with Gasteiger partial charge in [0.2, 0.25) is 29.0 Å². The molecule has 0 aliphatic carbocycles. The number of hydrogen-bond donors (Lipinski definition) is 8. The Morgan fingerprint density at radius 2 is 1.40 bits per heavy atom. The Hall–Kier alpha value is -3.91. The van der Waals surface area contributed by atoms with E-state index < -0.39 is 90.7 Å². The van der Waals surface area contributed by atoms with E-state index in [2.05, 4.69) is 0 Å². The van der Waals surface area contributed by atoms with Gasteiger partial charge in [-0.2, -0.15) is 0 Å². The fourth-order valence-electron chi connectivity index (χ4n) is 5.63. The van der Waals surface area contributed by atoms with E-state index in [1.54, 1.807) is 6.92 Å². The van der Waals surface area contributed by atoms with Crippen LogP contribution in [-0.4, -0.2) is 130 Å². The number of aliphatic hydroxyl groups is 6. The molecule has 2 aliphatic rings. The number of aryl methyl sites for hydroxylation is 1. The third kappa shape index (κ3) is 6.08. The summed E-state index contributed by atoms with van der Waals surface area (Å²) < 4.78 is 44.3. The van der Waals surface area contributed by atoms with E-state index in [1.807, 2.05) is 0 Å². The fraction of sp³-hybridized carbons (Fsp3) is 0.516. The van der Waals surface area contributed by atoms with Crippen molar-refractivity contribution < 1.29 is 78.4 Å². The summed E-state index contributed by atoms with van der Waals surface area (Å²) in [6, 6.07) is 2.94. The van der Waals surface area contributed by atoms with Crippen LogP contribution in [0.5, 0.6) is 34.5 Å². The third-order valence-electron chi connectivity index (χ3n) is 8.40. The van der Waals surface area contributed by atoms with Crippen molar-refractivity contribution in [3.8, 4) is 45.6 Å². The Bertz CT molecular complexity index is 1690. The highest BCUT2D eigenvalue weighted by Crippen LogP contribution is 2.51. The highest BCUT2D eigenvalue weighted by Gasteiger charge is 2.48. The molecule has 48 heavy (non-hydrogen) atoms. The maximum absolute atomic E-state index is 13.8. The first-order valence-corrected chi connectivity index (χ1v) is 14.7. The first-order valence-electron chi connectivity index (χ1n) is 14.7. The van der Waals surface area contributed by atoms with Gasteiger partial charge >= 0.3 is 0 Å². The van der Waals surface area contributed by atoms with Gasteiger partial charge in [0, 0.05) is 0 Å². The number of phenols is 2. The Kier molecular flexibility index (Phi) is 10.3. The number of ether oxygens (including phenoxy) is 7. The van der Waals surface area contributed by atoms with Gasteiger partial charge in [0.15, 0.2) is 29.1 Å². The van der Waals surface area contributed by atoms with Crippen LogP contribution in [0.1, 0.15) is 12.5 Å². The number of aromatic hydroxyl groups is 2. The topological polar surface area (TPSA) is 257 Å². The third-order valence-corrected chi connectivity index (χ3v) is 8.40. The minimum Gasteiger partial charge on any atom is -0.504 e. The summed E-state index contributed by atoms with van der Waals surface area (Å²) in [6.45, 7) is 2.49. The van der Waals surface area contributed by atoms with E-state index in [9.17, 15) is 45.6 Å². The van der Waals surface area contributed by atoms with Crippen LogP contribution in [-0.2, 0) is 14.2 Å². The van der Waals surface area contributed by atoms with Crippen molar-refractivity contribution in [2.24, 2.45) is 0 Å². The summed E-state index contributed by atoms with van der Waals surface area (Å²) in [5, 5.41) is 83.4. The second-order valence-corrected chi connectivity index (χ2v) is 11.4. The number of hydrogen-bond acceptors (Lipinski definition) is 17. The second kappa shape index (κ2) is 13.9. The van der Waals surface area contributed by atoms with Gasteiger partial charge in [-0.3, -0.25) is 4.79 Å². The number of phenolic OH excluding ortho intramolecular Hbond substituents is 2. The lowest BCUT2D eigenvalue weighted by Gasteiger charge is -2.42. The quantitative estimate of drug-likeness (QED) is 0.138. The zero-order chi connectivity index (χ0) is 35.2. The zero-order valence-corrected chi connectivity index (χ0v) is 26.5. The van der Waals surface area contributed by atoms with E-state index in [4.69, 9.17) is 37.6 Å². The van der Waals surface area contributed by atoms with Gasteiger partial charge in [-0.1, -0.05) is 0 Å². The van der Waals surface area contributed by atoms with Gasteiger partial charge in [0.1, 0.15) is 54.4 Å².